The summed E-state index contributed by atoms with van der Waals surface area (Å²) in [5.41, 5.74) is 3.67. The number of hydrogen-bond acceptors (Lipinski definition) is 1. The normalized spacial score (nSPS) is 41.2. The number of hydrogen-bond donors (Lipinski definition) is 0. The molecule has 0 saturated heterocycles. The van der Waals surface area contributed by atoms with Crippen LogP contribution in [0.3, 0.4) is 0 Å². The Bertz CT molecular complexity index is 423. The van der Waals surface area contributed by atoms with Gasteiger partial charge in [-0.15, -0.1) is 0 Å². The van der Waals surface area contributed by atoms with Crippen molar-refractivity contribution in [3.63, 3.8) is 0 Å². The summed E-state index contributed by atoms with van der Waals surface area (Å²) in [5, 5.41) is 0. The quantitative estimate of drug-likeness (QED) is 0.605. The van der Waals surface area contributed by atoms with Crippen LogP contribution in [0.15, 0.2) is 18.2 Å². The third-order valence-corrected chi connectivity index (χ3v) is 4.77. The molecule has 1 fully saturated rings. The van der Waals surface area contributed by atoms with Gasteiger partial charge < -0.3 is 4.74 Å². The second kappa shape index (κ2) is 2.00. The molecule has 1 heterocycles. The van der Waals surface area contributed by atoms with Gasteiger partial charge in [-0.3, -0.25) is 0 Å². The molecule has 0 radical (unpaired) electrons. The predicted molar refractivity (Wildman–Crippen MR) is 54.6 cm³/mol. The maximum absolute atomic E-state index is 5.83. The van der Waals surface area contributed by atoms with Crippen LogP contribution in [0, 0.1) is 11.8 Å². The van der Waals surface area contributed by atoms with Crippen LogP contribution in [0.1, 0.15) is 24.5 Å². The summed E-state index contributed by atoms with van der Waals surface area (Å²) in [6.07, 6.45) is 2.64. The monoisotopic (exact) mass is 186 g/mol. The first-order valence-electron chi connectivity index (χ1n) is 5.59. The largest absolute Gasteiger partial charge is 0.493 e. The molecule has 1 nitrogen and oxygen atoms in total. The van der Waals surface area contributed by atoms with Gasteiger partial charge in [0.05, 0.1) is 6.61 Å². The Kier molecular flexibility index (Phi) is 1.05. The van der Waals surface area contributed by atoms with Gasteiger partial charge in [0.1, 0.15) is 5.75 Å². The van der Waals surface area contributed by atoms with Crippen molar-refractivity contribution in [1.29, 1.82) is 0 Å². The van der Waals surface area contributed by atoms with Crippen molar-refractivity contribution in [2.75, 3.05) is 6.61 Å². The molecule has 14 heavy (non-hydrogen) atoms. The molecular formula is C13H14O. The standard InChI is InChI=1S/C13H14O/c1-8-10-7-14-11-4-2-3-9-5-6-13(8,10)12(9)11/h2-4,8,10H,5-7H2,1H3/t8-,10-,13+/m1/s1. The Morgan fingerprint density at radius 1 is 1.43 bits per heavy atom. The molecule has 0 amide bonds. The van der Waals surface area contributed by atoms with E-state index in [0.29, 0.717) is 5.41 Å². The molecule has 1 aliphatic heterocycles. The SMILES string of the molecule is C[C@@H]1[C@H]2COc3cccc4c3[C@@]12CC4. The molecule has 1 heteroatoms. The highest BCUT2D eigenvalue weighted by atomic mass is 16.5. The van der Waals surface area contributed by atoms with E-state index in [2.05, 4.69) is 25.1 Å². The second-order valence-corrected chi connectivity index (χ2v) is 5.04. The summed E-state index contributed by atoms with van der Waals surface area (Å²) < 4.78 is 5.83. The van der Waals surface area contributed by atoms with E-state index in [-0.39, 0.29) is 0 Å². The highest BCUT2D eigenvalue weighted by Gasteiger charge is 2.67. The van der Waals surface area contributed by atoms with Crippen molar-refractivity contribution in [2.24, 2.45) is 11.8 Å². The van der Waals surface area contributed by atoms with E-state index in [1.165, 1.54) is 18.6 Å². The molecule has 0 N–H and O–H groups in total. The van der Waals surface area contributed by atoms with Crippen molar-refractivity contribution in [1.82, 2.24) is 0 Å². The van der Waals surface area contributed by atoms with Crippen LogP contribution in [0.4, 0.5) is 0 Å². The first-order chi connectivity index (χ1) is 6.84. The average molecular weight is 186 g/mol. The van der Waals surface area contributed by atoms with E-state index in [4.69, 9.17) is 4.74 Å². The first-order valence-corrected chi connectivity index (χ1v) is 5.59. The molecule has 0 unspecified atom stereocenters. The van der Waals surface area contributed by atoms with Crippen LogP contribution in [0.2, 0.25) is 0 Å². The van der Waals surface area contributed by atoms with E-state index in [0.717, 1.165) is 18.4 Å². The van der Waals surface area contributed by atoms with Crippen LogP contribution < -0.4 is 4.74 Å². The minimum atomic E-state index is 0.546. The molecule has 2 aliphatic carbocycles. The minimum Gasteiger partial charge on any atom is -0.493 e. The highest BCUT2D eigenvalue weighted by Crippen LogP contribution is 2.69. The number of rotatable bonds is 0. The molecule has 1 saturated carbocycles. The first kappa shape index (κ1) is 7.33. The van der Waals surface area contributed by atoms with Crippen molar-refractivity contribution < 1.29 is 4.74 Å². The van der Waals surface area contributed by atoms with Crippen molar-refractivity contribution in [2.45, 2.75) is 25.2 Å². The Morgan fingerprint density at radius 2 is 2.36 bits per heavy atom. The van der Waals surface area contributed by atoms with Crippen LogP contribution in [0.25, 0.3) is 0 Å². The van der Waals surface area contributed by atoms with Crippen molar-refractivity contribution >= 4 is 0 Å². The van der Waals surface area contributed by atoms with Crippen molar-refractivity contribution in [3.8, 4) is 5.75 Å². The van der Waals surface area contributed by atoms with Crippen molar-refractivity contribution in [3.05, 3.63) is 29.3 Å². The minimum absolute atomic E-state index is 0.546. The summed E-state index contributed by atoms with van der Waals surface area (Å²) in [4.78, 5) is 0. The van der Waals surface area contributed by atoms with Gasteiger partial charge in [-0.2, -0.15) is 0 Å². The fourth-order valence-corrected chi connectivity index (χ4v) is 3.92. The molecule has 1 aromatic carbocycles. The lowest BCUT2D eigenvalue weighted by atomic mass is 9.92. The fourth-order valence-electron chi connectivity index (χ4n) is 3.92. The van der Waals surface area contributed by atoms with Gasteiger partial charge in [0, 0.05) is 16.9 Å². The van der Waals surface area contributed by atoms with E-state index >= 15 is 0 Å². The molecular weight excluding hydrogens is 172 g/mol. The van der Waals surface area contributed by atoms with Gasteiger partial charge >= 0.3 is 0 Å². The maximum Gasteiger partial charge on any atom is 0.123 e. The summed E-state index contributed by atoms with van der Waals surface area (Å²) in [6.45, 7) is 3.35. The van der Waals surface area contributed by atoms with E-state index < -0.39 is 0 Å². The summed E-state index contributed by atoms with van der Waals surface area (Å²) in [7, 11) is 0. The zero-order chi connectivity index (χ0) is 9.34. The maximum atomic E-state index is 5.83. The topological polar surface area (TPSA) is 9.23 Å². The lowest BCUT2D eigenvalue weighted by molar-refractivity contribution is 0.259. The van der Waals surface area contributed by atoms with E-state index in [1.54, 1.807) is 11.1 Å². The lowest BCUT2D eigenvalue weighted by Crippen LogP contribution is -2.18. The van der Waals surface area contributed by atoms with Gasteiger partial charge in [-0.25, -0.2) is 0 Å². The zero-order valence-corrected chi connectivity index (χ0v) is 8.42. The Labute approximate surface area is 84.1 Å². The summed E-state index contributed by atoms with van der Waals surface area (Å²) in [6, 6.07) is 6.57. The molecule has 1 aromatic rings. The van der Waals surface area contributed by atoms with Gasteiger partial charge in [0.15, 0.2) is 0 Å². The summed E-state index contributed by atoms with van der Waals surface area (Å²) >= 11 is 0. The smallest absolute Gasteiger partial charge is 0.123 e. The summed E-state index contributed by atoms with van der Waals surface area (Å²) in [5.74, 6) is 2.85. The molecule has 72 valence electrons. The van der Waals surface area contributed by atoms with Gasteiger partial charge in [-0.1, -0.05) is 19.1 Å². The van der Waals surface area contributed by atoms with Crippen LogP contribution in [-0.4, -0.2) is 6.61 Å². The van der Waals surface area contributed by atoms with Gasteiger partial charge in [0.2, 0.25) is 0 Å². The Morgan fingerprint density at radius 3 is 3.29 bits per heavy atom. The molecule has 1 spiro atoms. The third-order valence-electron chi connectivity index (χ3n) is 4.77. The van der Waals surface area contributed by atoms with Gasteiger partial charge in [-0.05, 0) is 30.4 Å². The average Bonchev–Trinajstić information content (AvgIpc) is 2.62. The molecule has 0 aromatic heterocycles. The Balaban J connectivity index is 2.04. The van der Waals surface area contributed by atoms with Gasteiger partial charge in [0.25, 0.3) is 0 Å². The lowest BCUT2D eigenvalue weighted by Gasteiger charge is -2.22. The van der Waals surface area contributed by atoms with E-state index in [9.17, 15) is 0 Å². The van der Waals surface area contributed by atoms with Crippen LogP contribution in [-0.2, 0) is 11.8 Å². The molecule has 3 atom stereocenters. The third kappa shape index (κ3) is 0.571. The Hall–Kier alpha value is -0.980. The number of ether oxygens (including phenoxy) is 1. The predicted octanol–water partition coefficient (Wildman–Crippen LogP) is 2.53. The van der Waals surface area contributed by atoms with E-state index in [1.807, 2.05) is 0 Å². The fraction of sp³-hybridized carbons (Fsp3) is 0.538. The second-order valence-electron chi connectivity index (χ2n) is 5.04. The molecule has 4 rings (SSSR count). The molecule has 0 bridgehead atoms. The van der Waals surface area contributed by atoms with Crippen LogP contribution in [0.5, 0.6) is 5.75 Å². The molecule has 3 aliphatic rings. The van der Waals surface area contributed by atoms with Crippen LogP contribution >= 0.6 is 0 Å². The zero-order valence-electron chi connectivity index (χ0n) is 8.42. The highest BCUT2D eigenvalue weighted by molar-refractivity contribution is 5.56. The number of benzene rings is 1. The number of aryl methyl sites for hydroxylation is 1.